The van der Waals surface area contributed by atoms with Crippen molar-refractivity contribution in [1.29, 1.82) is 0 Å². The number of piperidine rings is 1. The van der Waals surface area contributed by atoms with Gasteiger partial charge in [-0.25, -0.2) is 0 Å². The lowest BCUT2D eigenvalue weighted by Crippen LogP contribution is -2.34. The van der Waals surface area contributed by atoms with Crippen molar-refractivity contribution in [3.8, 4) is 0 Å². The van der Waals surface area contributed by atoms with Gasteiger partial charge in [0.2, 0.25) is 0 Å². The van der Waals surface area contributed by atoms with Crippen molar-refractivity contribution in [3.63, 3.8) is 0 Å². The van der Waals surface area contributed by atoms with E-state index in [1.54, 1.807) is 5.57 Å². The van der Waals surface area contributed by atoms with Gasteiger partial charge in [-0.15, -0.1) is 22.7 Å². The van der Waals surface area contributed by atoms with E-state index >= 15 is 0 Å². The van der Waals surface area contributed by atoms with Crippen LogP contribution in [0, 0.1) is 5.92 Å². The molecule has 0 radical (unpaired) electrons. The van der Waals surface area contributed by atoms with Crippen molar-refractivity contribution in [2.24, 2.45) is 5.92 Å². The molecular formula is C23H29NO2S2. The van der Waals surface area contributed by atoms with Gasteiger partial charge in [-0.1, -0.05) is 37.0 Å². The Morgan fingerprint density at radius 1 is 1.00 bits per heavy atom. The predicted octanol–water partition coefficient (Wildman–Crippen LogP) is 5.83. The molecule has 0 bridgehead atoms. The van der Waals surface area contributed by atoms with Gasteiger partial charge >= 0.3 is 5.97 Å². The topological polar surface area (TPSA) is 29.5 Å². The molecule has 0 N–H and O–H groups in total. The van der Waals surface area contributed by atoms with Crippen LogP contribution in [0.3, 0.4) is 0 Å². The molecule has 0 amide bonds. The first-order valence-corrected chi connectivity index (χ1v) is 12.3. The number of hydrogen-bond donors (Lipinski definition) is 0. The summed E-state index contributed by atoms with van der Waals surface area (Å²) in [6.45, 7) is 3.50. The number of carbonyl (C=O) groups excluding carboxylic acids is 1. The summed E-state index contributed by atoms with van der Waals surface area (Å²) < 4.78 is 5.59. The lowest BCUT2D eigenvalue weighted by atomic mass is 9.89. The zero-order valence-electron chi connectivity index (χ0n) is 16.4. The van der Waals surface area contributed by atoms with Gasteiger partial charge in [-0.05, 0) is 48.6 Å². The predicted molar refractivity (Wildman–Crippen MR) is 118 cm³/mol. The molecule has 2 fully saturated rings. The molecule has 4 rings (SSSR count). The minimum atomic E-state index is 0.0370. The second kappa shape index (κ2) is 9.86. The van der Waals surface area contributed by atoms with Crippen LogP contribution in [-0.2, 0) is 9.53 Å². The lowest BCUT2D eigenvalue weighted by molar-refractivity contribution is -0.150. The first-order chi connectivity index (χ1) is 13.8. The fraction of sp³-hybridized carbons (Fsp3) is 0.522. The fourth-order valence-electron chi connectivity index (χ4n) is 4.34. The monoisotopic (exact) mass is 415 g/mol. The molecule has 0 unspecified atom stereocenters. The van der Waals surface area contributed by atoms with Gasteiger partial charge in [-0.2, -0.15) is 0 Å². The quantitative estimate of drug-likeness (QED) is 0.556. The maximum Gasteiger partial charge on any atom is 0.308 e. The molecule has 0 aromatic carbocycles. The number of likely N-dealkylation sites (tertiary alicyclic amines) is 1. The zero-order chi connectivity index (χ0) is 19.2. The first-order valence-electron chi connectivity index (χ1n) is 10.5. The molecule has 0 spiro atoms. The van der Waals surface area contributed by atoms with Gasteiger partial charge in [-0.3, -0.25) is 9.69 Å². The van der Waals surface area contributed by atoms with Crippen molar-refractivity contribution >= 4 is 34.2 Å². The largest absolute Gasteiger partial charge is 0.464 e. The van der Waals surface area contributed by atoms with Crippen LogP contribution in [-0.4, -0.2) is 37.1 Å². The van der Waals surface area contributed by atoms with Crippen LogP contribution in [0.5, 0.6) is 0 Å². The SMILES string of the molecule is O=C(OCCN1CCC(=C(c2cccs2)c2cccs2)CC1)C1CCCCC1. The Morgan fingerprint density at radius 2 is 1.64 bits per heavy atom. The Morgan fingerprint density at radius 3 is 2.21 bits per heavy atom. The van der Waals surface area contributed by atoms with Crippen molar-refractivity contribution in [3.05, 3.63) is 50.4 Å². The average Bonchev–Trinajstić information content (AvgIpc) is 3.45. The summed E-state index contributed by atoms with van der Waals surface area (Å²) in [5, 5.41) is 4.33. The van der Waals surface area contributed by atoms with Gasteiger partial charge in [0.05, 0.1) is 5.92 Å². The smallest absolute Gasteiger partial charge is 0.308 e. The van der Waals surface area contributed by atoms with Crippen molar-refractivity contribution < 1.29 is 9.53 Å². The number of esters is 1. The van der Waals surface area contributed by atoms with Crippen LogP contribution < -0.4 is 0 Å². The zero-order valence-corrected chi connectivity index (χ0v) is 18.0. The molecule has 0 atom stereocenters. The summed E-state index contributed by atoms with van der Waals surface area (Å²) in [5.41, 5.74) is 3.02. The highest BCUT2D eigenvalue weighted by molar-refractivity contribution is 7.13. The van der Waals surface area contributed by atoms with Crippen LogP contribution >= 0.6 is 22.7 Å². The van der Waals surface area contributed by atoms with E-state index in [0.717, 1.165) is 45.3 Å². The molecule has 2 aromatic heterocycles. The highest BCUT2D eigenvalue weighted by Crippen LogP contribution is 2.36. The number of rotatable bonds is 6. The number of hydrogen-bond acceptors (Lipinski definition) is 5. The maximum absolute atomic E-state index is 12.2. The van der Waals surface area contributed by atoms with E-state index in [4.69, 9.17) is 4.74 Å². The molecule has 1 saturated carbocycles. The highest BCUT2D eigenvalue weighted by atomic mass is 32.1. The molecule has 1 aliphatic heterocycles. The molecule has 2 aromatic rings. The number of nitrogens with zero attached hydrogens (tertiary/aromatic N) is 1. The molecule has 1 saturated heterocycles. The van der Waals surface area contributed by atoms with Crippen LogP contribution in [0.25, 0.3) is 5.57 Å². The summed E-state index contributed by atoms with van der Waals surface area (Å²) in [6, 6.07) is 8.77. The highest BCUT2D eigenvalue weighted by Gasteiger charge is 2.23. The summed E-state index contributed by atoms with van der Waals surface area (Å²) in [7, 11) is 0. The third-order valence-corrected chi connectivity index (χ3v) is 7.71. The average molecular weight is 416 g/mol. The van der Waals surface area contributed by atoms with E-state index in [0.29, 0.717) is 6.61 Å². The molecule has 2 aliphatic rings. The summed E-state index contributed by atoms with van der Waals surface area (Å²) in [4.78, 5) is 17.4. The molecule has 28 heavy (non-hydrogen) atoms. The summed E-state index contributed by atoms with van der Waals surface area (Å²) in [5.74, 6) is 0.193. The van der Waals surface area contributed by atoms with E-state index in [2.05, 4.69) is 39.9 Å². The minimum Gasteiger partial charge on any atom is -0.464 e. The van der Waals surface area contributed by atoms with Crippen molar-refractivity contribution in [1.82, 2.24) is 4.90 Å². The Bertz CT molecular complexity index is 727. The van der Waals surface area contributed by atoms with Gasteiger partial charge in [0.15, 0.2) is 0 Å². The maximum atomic E-state index is 12.2. The summed E-state index contributed by atoms with van der Waals surface area (Å²) in [6.07, 6.45) is 7.86. The van der Waals surface area contributed by atoms with E-state index in [1.165, 1.54) is 34.6 Å². The second-order valence-electron chi connectivity index (χ2n) is 7.78. The van der Waals surface area contributed by atoms with Gasteiger partial charge in [0, 0.05) is 35.0 Å². The van der Waals surface area contributed by atoms with E-state index in [9.17, 15) is 4.79 Å². The van der Waals surface area contributed by atoms with Crippen molar-refractivity contribution in [2.75, 3.05) is 26.2 Å². The summed E-state index contributed by atoms with van der Waals surface area (Å²) >= 11 is 3.66. The van der Waals surface area contributed by atoms with E-state index in [-0.39, 0.29) is 11.9 Å². The Hall–Kier alpha value is -1.43. The number of ether oxygens (including phenoxy) is 1. The first kappa shape index (κ1) is 19.9. The molecule has 150 valence electrons. The van der Waals surface area contributed by atoms with Gasteiger partial charge in [0.1, 0.15) is 6.61 Å². The third kappa shape index (κ3) is 4.94. The normalized spacial score (nSPS) is 18.9. The van der Waals surface area contributed by atoms with Crippen LogP contribution in [0.2, 0.25) is 0 Å². The molecule has 3 heterocycles. The van der Waals surface area contributed by atoms with Gasteiger partial charge < -0.3 is 4.74 Å². The number of thiophene rings is 2. The van der Waals surface area contributed by atoms with Crippen LogP contribution in [0.4, 0.5) is 0 Å². The molecule has 5 heteroatoms. The Kier molecular flexibility index (Phi) is 7.00. The number of carbonyl (C=O) groups is 1. The van der Waals surface area contributed by atoms with Gasteiger partial charge in [0.25, 0.3) is 0 Å². The lowest BCUT2D eigenvalue weighted by Gasteiger charge is -2.29. The van der Waals surface area contributed by atoms with Crippen molar-refractivity contribution in [2.45, 2.75) is 44.9 Å². The molecule has 1 aliphatic carbocycles. The standard InChI is InChI=1S/C23H29NO2S2/c25-23(19-6-2-1-3-7-19)26-15-14-24-12-10-18(11-13-24)22(20-8-4-16-27-20)21-9-5-17-28-21/h4-5,8-9,16-17,19H,1-3,6-7,10-15H2. The van der Waals surface area contributed by atoms with E-state index < -0.39 is 0 Å². The Labute approximate surface area is 176 Å². The third-order valence-electron chi connectivity index (χ3n) is 5.94. The molecular weight excluding hydrogens is 386 g/mol. The fourth-order valence-corrected chi connectivity index (χ4v) is 6.07. The second-order valence-corrected chi connectivity index (χ2v) is 9.67. The van der Waals surface area contributed by atoms with Crippen LogP contribution in [0.15, 0.2) is 40.6 Å². The minimum absolute atomic E-state index is 0.0370. The van der Waals surface area contributed by atoms with E-state index in [1.807, 2.05) is 22.7 Å². The van der Waals surface area contributed by atoms with Crippen LogP contribution in [0.1, 0.15) is 54.7 Å². The molecule has 3 nitrogen and oxygen atoms in total. The Balaban J connectivity index is 1.30.